The van der Waals surface area contributed by atoms with E-state index in [4.69, 9.17) is 10.5 Å². The second-order valence-electron chi connectivity index (χ2n) is 5.46. The van der Waals surface area contributed by atoms with E-state index in [1.807, 2.05) is 50.2 Å². The van der Waals surface area contributed by atoms with Gasteiger partial charge in [-0.1, -0.05) is 43.3 Å². The van der Waals surface area contributed by atoms with Crippen LogP contribution in [0.5, 0.6) is 5.75 Å². The summed E-state index contributed by atoms with van der Waals surface area (Å²) in [5.41, 5.74) is 7.22. The Hall–Kier alpha value is -1.87. The Morgan fingerprint density at radius 2 is 1.76 bits per heavy atom. The number of para-hydroxylation sites is 1. The maximum absolute atomic E-state index is 14.1. The molecule has 2 aromatic rings. The second kappa shape index (κ2) is 6.72. The van der Waals surface area contributed by atoms with Crippen molar-refractivity contribution in [2.75, 3.05) is 13.2 Å². The van der Waals surface area contributed by atoms with Crippen LogP contribution >= 0.6 is 0 Å². The smallest absolute Gasteiger partial charge is 0.127 e. The lowest BCUT2D eigenvalue weighted by atomic mass is 9.77. The first kappa shape index (κ1) is 15.5. The fourth-order valence-corrected chi connectivity index (χ4v) is 2.59. The molecule has 0 saturated heterocycles. The molecule has 112 valence electrons. The van der Waals surface area contributed by atoms with E-state index in [0.717, 1.165) is 11.3 Å². The van der Waals surface area contributed by atoms with Gasteiger partial charge in [0.1, 0.15) is 11.6 Å². The lowest BCUT2D eigenvalue weighted by Gasteiger charge is -2.30. The summed E-state index contributed by atoms with van der Waals surface area (Å²) in [5, 5.41) is 0. The van der Waals surface area contributed by atoms with Crippen molar-refractivity contribution >= 4 is 0 Å². The molecular formula is C18H22FNO. The number of nitrogens with two attached hydrogens (primary N) is 1. The molecule has 0 aliphatic carbocycles. The van der Waals surface area contributed by atoms with Gasteiger partial charge in [0.2, 0.25) is 0 Å². The van der Waals surface area contributed by atoms with E-state index in [2.05, 4.69) is 0 Å². The van der Waals surface area contributed by atoms with Crippen molar-refractivity contribution in [2.24, 2.45) is 5.73 Å². The molecule has 0 heterocycles. The maximum atomic E-state index is 14.1. The molecule has 2 N–H and O–H groups in total. The van der Waals surface area contributed by atoms with Crippen LogP contribution in [0.4, 0.5) is 4.39 Å². The molecule has 0 fully saturated rings. The first-order chi connectivity index (χ1) is 10.1. The first-order valence-electron chi connectivity index (χ1n) is 7.26. The van der Waals surface area contributed by atoms with Gasteiger partial charge >= 0.3 is 0 Å². The largest absolute Gasteiger partial charge is 0.494 e. The van der Waals surface area contributed by atoms with E-state index in [1.165, 1.54) is 6.07 Å². The van der Waals surface area contributed by atoms with E-state index < -0.39 is 5.41 Å². The molecule has 0 aliphatic heterocycles. The molecule has 0 bridgehead atoms. The topological polar surface area (TPSA) is 35.2 Å². The zero-order chi connectivity index (χ0) is 15.3. The van der Waals surface area contributed by atoms with Crippen molar-refractivity contribution in [3.8, 4) is 5.75 Å². The Kier molecular flexibility index (Phi) is 4.97. The monoisotopic (exact) mass is 287 g/mol. The van der Waals surface area contributed by atoms with Crippen molar-refractivity contribution < 1.29 is 9.13 Å². The zero-order valence-electron chi connectivity index (χ0n) is 12.6. The highest BCUT2D eigenvalue weighted by molar-refractivity contribution is 5.38. The minimum Gasteiger partial charge on any atom is -0.494 e. The first-order valence-corrected chi connectivity index (χ1v) is 7.26. The Morgan fingerprint density at radius 3 is 2.43 bits per heavy atom. The number of halogens is 1. The Balaban J connectivity index is 2.37. The van der Waals surface area contributed by atoms with Crippen molar-refractivity contribution in [3.05, 3.63) is 65.5 Å². The summed E-state index contributed by atoms with van der Waals surface area (Å²) in [5.74, 6) is 0.635. The van der Waals surface area contributed by atoms with Gasteiger partial charge in [-0.3, -0.25) is 0 Å². The average Bonchev–Trinajstić information content (AvgIpc) is 2.50. The van der Waals surface area contributed by atoms with Crippen LogP contribution in [-0.4, -0.2) is 13.2 Å². The molecular weight excluding hydrogens is 265 g/mol. The molecule has 2 aromatic carbocycles. The van der Waals surface area contributed by atoms with Crippen LogP contribution in [0.25, 0.3) is 0 Å². The summed E-state index contributed by atoms with van der Waals surface area (Å²) in [6.07, 6.45) is 0.639. The van der Waals surface area contributed by atoms with Crippen molar-refractivity contribution in [1.29, 1.82) is 0 Å². The van der Waals surface area contributed by atoms with Gasteiger partial charge in [0.15, 0.2) is 0 Å². The number of hydrogen-bond donors (Lipinski definition) is 1. The molecule has 0 amide bonds. The van der Waals surface area contributed by atoms with Crippen molar-refractivity contribution in [2.45, 2.75) is 25.7 Å². The molecule has 2 nitrogen and oxygen atoms in total. The van der Waals surface area contributed by atoms with E-state index in [1.54, 1.807) is 6.07 Å². The minimum absolute atomic E-state index is 0.209. The summed E-state index contributed by atoms with van der Waals surface area (Å²) >= 11 is 0. The second-order valence-corrected chi connectivity index (χ2v) is 5.46. The third-order valence-corrected chi connectivity index (χ3v) is 3.83. The lowest BCUT2D eigenvalue weighted by molar-refractivity contribution is 0.332. The maximum Gasteiger partial charge on any atom is 0.127 e. The van der Waals surface area contributed by atoms with Crippen LogP contribution in [0.1, 0.15) is 25.0 Å². The molecule has 3 heteroatoms. The van der Waals surface area contributed by atoms with Gasteiger partial charge in [0.25, 0.3) is 0 Å². The third kappa shape index (κ3) is 3.42. The van der Waals surface area contributed by atoms with Gasteiger partial charge in [-0.05, 0) is 36.6 Å². The number of benzene rings is 2. The standard InChI is InChI=1S/C18H22FNO/c1-3-21-17-11-7-4-8-14(17)12-18(2,13-20)15-9-5-6-10-16(15)19/h4-11H,3,12-13,20H2,1-2H3. The summed E-state index contributed by atoms with van der Waals surface area (Å²) < 4.78 is 19.8. The summed E-state index contributed by atoms with van der Waals surface area (Å²) in [6.45, 7) is 4.92. The highest BCUT2D eigenvalue weighted by atomic mass is 19.1. The Morgan fingerprint density at radius 1 is 1.10 bits per heavy atom. The molecule has 0 aliphatic rings. The Labute approximate surface area is 125 Å². The molecule has 1 atom stereocenters. The van der Waals surface area contributed by atoms with Gasteiger partial charge in [-0.15, -0.1) is 0 Å². The normalized spacial score (nSPS) is 13.7. The molecule has 0 radical (unpaired) electrons. The van der Waals surface area contributed by atoms with Crippen molar-refractivity contribution in [3.63, 3.8) is 0 Å². The molecule has 1 unspecified atom stereocenters. The molecule has 0 aromatic heterocycles. The van der Waals surface area contributed by atoms with Gasteiger partial charge in [-0.25, -0.2) is 4.39 Å². The van der Waals surface area contributed by atoms with Crippen LogP contribution in [0.2, 0.25) is 0 Å². The molecule has 2 rings (SSSR count). The highest BCUT2D eigenvalue weighted by Crippen LogP contribution is 2.32. The third-order valence-electron chi connectivity index (χ3n) is 3.83. The molecule has 0 spiro atoms. The van der Waals surface area contributed by atoms with Gasteiger partial charge < -0.3 is 10.5 Å². The summed E-state index contributed by atoms with van der Waals surface area (Å²) in [4.78, 5) is 0. The average molecular weight is 287 g/mol. The quantitative estimate of drug-likeness (QED) is 0.879. The minimum atomic E-state index is -0.460. The van der Waals surface area contributed by atoms with Crippen molar-refractivity contribution in [1.82, 2.24) is 0 Å². The fourth-order valence-electron chi connectivity index (χ4n) is 2.59. The predicted molar refractivity (Wildman–Crippen MR) is 84.1 cm³/mol. The van der Waals surface area contributed by atoms with Gasteiger partial charge in [0, 0.05) is 12.0 Å². The number of ether oxygens (including phenoxy) is 1. The van der Waals surface area contributed by atoms with Crippen LogP contribution in [0.15, 0.2) is 48.5 Å². The summed E-state index contributed by atoms with van der Waals surface area (Å²) in [7, 11) is 0. The van der Waals surface area contributed by atoms with Crippen LogP contribution in [0.3, 0.4) is 0 Å². The van der Waals surface area contributed by atoms with E-state index in [-0.39, 0.29) is 5.82 Å². The number of rotatable bonds is 6. The SMILES string of the molecule is CCOc1ccccc1CC(C)(CN)c1ccccc1F. The van der Waals surface area contributed by atoms with E-state index >= 15 is 0 Å². The lowest BCUT2D eigenvalue weighted by Crippen LogP contribution is -2.35. The highest BCUT2D eigenvalue weighted by Gasteiger charge is 2.29. The van der Waals surface area contributed by atoms with Crippen LogP contribution in [0, 0.1) is 5.82 Å². The van der Waals surface area contributed by atoms with E-state index in [9.17, 15) is 4.39 Å². The molecule has 0 saturated carbocycles. The van der Waals surface area contributed by atoms with E-state index in [0.29, 0.717) is 25.1 Å². The van der Waals surface area contributed by atoms with Gasteiger partial charge in [-0.2, -0.15) is 0 Å². The number of hydrogen-bond acceptors (Lipinski definition) is 2. The van der Waals surface area contributed by atoms with Gasteiger partial charge in [0.05, 0.1) is 6.61 Å². The fraction of sp³-hybridized carbons (Fsp3) is 0.333. The Bertz CT molecular complexity index is 599. The summed E-state index contributed by atoms with van der Waals surface area (Å²) in [6, 6.07) is 14.7. The predicted octanol–water partition coefficient (Wildman–Crippen LogP) is 3.68. The molecule has 21 heavy (non-hydrogen) atoms. The van der Waals surface area contributed by atoms with Crippen LogP contribution in [-0.2, 0) is 11.8 Å². The van der Waals surface area contributed by atoms with Crippen LogP contribution < -0.4 is 10.5 Å². The zero-order valence-corrected chi connectivity index (χ0v) is 12.6.